The minimum Gasteiger partial charge on any atom is -0.389 e. The van der Waals surface area contributed by atoms with Crippen molar-refractivity contribution in [3.63, 3.8) is 0 Å². The van der Waals surface area contributed by atoms with E-state index in [9.17, 15) is 36.6 Å². The highest BCUT2D eigenvalue weighted by Crippen LogP contribution is 2.38. The minimum atomic E-state index is -4.69. The third-order valence-corrected chi connectivity index (χ3v) is 5.62. The lowest BCUT2D eigenvalue weighted by atomic mass is 10.1. The van der Waals surface area contributed by atoms with Gasteiger partial charge in [-0.3, -0.25) is 0 Å². The van der Waals surface area contributed by atoms with Crippen LogP contribution in [0, 0.1) is 0 Å². The van der Waals surface area contributed by atoms with Gasteiger partial charge in [0, 0.05) is 37.6 Å². The highest BCUT2D eigenvalue weighted by atomic mass is 35.5. The van der Waals surface area contributed by atoms with Crippen LogP contribution in [0.3, 0.4) is 0 Å². The van der Waals surface area contributed by atoms with Crippen LogP contribution in [0.25, 0.3) is 0 Å². The van der Waals surface area contributed by atoms with Crippen molar-refractivity contribution in [3.05, 3.63) is 57.6 Å². The van der Waals surface area contributed by atoms with Gasteiger partial charge in [0.15, 0.2) is 0 Å². The molecule has 0 saturated carbocycles. The number of aliphatic hydroxyl groups excluding tert-OH is 2. The highest BCUT2D eigenvalue weighted by Gasteiger charge is 2.36. The van der Waals surface area contributed by atoms with Crippen molar-refractivity contribution in [1.29, 1.82) is 0 Å². The van der Waals surface area contributed by atoms with Crippen LogP contribution in [0.4, 0.5) is 37.7 Å². The van der Waals surface area contributed by atoms with Gasteiger partial charge in [0.25, 0.3) is 0 Å². The van der Waals surface area contributed by atoms with Crippen LogP contribution in [0.1, 0.15) is 11.1 Å². The van der Waals surface area contributed by atoms with Gasteiger partial charge in [-0.05, 0) is 36.4 Å². The van der Waals surface area contributed by atoms with Gasteiger partial charge in [-0.2, -0.15) is 26.3 Å². The first-order valence-electron chi connectivity index (χ1n) is 9.35. The standard InChI is InChI=1S/C20H18Cl2F6N2O2/c21-17-3-1-11(5-15(17)19(23,24)25)29-7-13(31)9-30(10-14(32)8-29)12-2-4-18(22)16(6-12)20(26,27)28/h1-6,13-14,31-32H,7-10H2. The fraction of sp³-hybridized carbons (Fsp3) is 0.400. The lowest BCUT2D eigenvalue weighted by Crippen LogP contribution is -2.50. The molecule has 0 unspecified atom stereocenters. The second-order valence-electron chi connectivity index (χ2n) is 7.44. The molecular formula is C20H18Cl2F6N2O2. The molecule has 0 aromatic heterocycles. The van der Waals surface area contributed by atoms with Gasteiger partial charge in [-0.1, -0.05) is 23.2 Å². The Kier molecular flexibility index (Phi) is 7.09. The van der Waals surface area contributed by atoms with E-state index in [-0.39, 0.29) is 37.6 Å². The summed E-state index contributed by atoms with van der Waals surface area (Å²) in [6.07, 6.45) is -11.7. The Labute approximate surface area is 189 Å². The molecule has 1 aliphatic rings. The molecule has 0 spiro atoms. The van der Waals surface area contributed by atoms with E-state index in [1.807, 2.05) is 0 Å². The van der Waals surface area contributed by atoms with E-state index >= 15 is 0 Å². The predicted octanol–water partition coefficient (Wildman–Crippen LogP) is 5.08. The first kappa shape index (κ1) is 24.8. The van der Waals surface area contributed by atoms with E-state index in [4.69, 9.17) is 23.2 Å². The number of hydrogen-bond donors (Lipinski definition) is 2. The molecule has 1 fully saturated rings. The van der Waals surface area contributed by atoms with Crippen molar-refractivity contribution < 1.29 is 36.6 Å². The molecule has 0 bridgehead atoms. The third-order valence-electron chi connectivity index (χ3n) is 4.97. The average molecular weight is 503 g/mol. The Balaban J connectivity index is 1.85. The molecule has 0 atom stereocenters. The zero-order chi connectivity index (χ0) is 23.8. The average Bonchev–Trinajstić information content (AvgIpc) is 2.64. The maximum absolute atomic E-state index is 13.2. The lowest BCUT2D eigenvalue weighted by Gasteiger charge is -2.38. The van der Waals surface area contributed by atoms with Crippen LogP contribution in [-0.4, -0.2) is 48.6 Å². The highest BCUT2D eigenvalue weighted by molar-refractivity contribution is 6.31. The summed E-state index contributed by atoms with van der Waals surface area (Å²) >= 11 is 11.3. The van der Waals surface area contributed by atoms with E-state index in [1.54, 1.807) is 0 Å². The van der Waals surface area contributed by atoms with Gasteiger partial charge in [-0.25, -0.2) is 0 Å². The fourth-order valence-corrected chi connectivity index (χ4v) is 4.01. The number of halogens is 8. The Hall–Kier alpha value is -1.88. The second-order valence-corrected chi connectivity index (χ2v) is 8.26. The van der Waals surface area contributed by atoms with Crippen molar-refractivity contribution in [2.45, 2.75) is 24.6 Å². The summed E-state index contributed by atoms with van der Waals surface area (Å²) in [5.74, 6) is 0. The van der Waals surface area contributed by atoms with E-state index < -0.39 is 45.7 Å². The number of nitrogens with zero attached hydrogens (tertiary/aromatic N) is 2. The van der Waals surface area contributed by atoms with Crippen LogP contribution in [0.2, 0.25) is 10.0 Å². The molecule has 176 valence electrons. The number of anilines is 2. The van der Waals surface area contributed by atoms with E-state index in [0.717, 1.165) is 24.3 Å². The third kappa shape index (κ3) is 5.72. The molecule has 2 N–H and O–H groups in total. The fourth-order valence-electron chi connectivity index (χ4n) is 3.56. The number of hydrogen-bond acceptors (Lipinski definition) is 4. The van der Waals surface area contributed by atoms with Gasteiger partial charge in [0.2, 0.25) is 0 Å². The molecule has 0 amide bonds. The smallest absolute Gasteiger partial charge is 0.389 e. The van der Waals surface area contributed by atoms with Crippen molar-refractivity contribution in [1.82, 2.24) is 0 Å². The van der Waals surface area contributed by atoms with E-state index in [2.05, 4.69) is 0 Å². The monoisotopic (exact) mass is 502 g/mol. The van der Waals surface area contributed by atoms with Gasteiger partial charge in [0.05, 0.1) is 33.4 Å². The Bertz CT molecular complexity index is 881. The van der Waals surface area contributed by atoms with Crippen LogP contribution >= 0.6 is 23.2 Å². The molecule has 0 aliphatic carbocycles. The Morgan fingerprint density at radius 1 is 0.656 bits per heavy atom. The second kappa shape index (κ2) is 9.17. The summed E-state index contributed by atoms with van der Waals surface area (Å²) in [4.78, 5) is 2.75. The minimum absolute atomic E-state index is 0.0964. The van der Waals surface area contributed by atoms with Crippen LogP contribution in [0.5, 0.6) is 0 Å². The topological polar surface area (TPSA) is 46.9 Å². The molecule has 12 heteroatoms. The van der Waals surface area contributed by atoms with Crippen molar-refractivity contribution >= 4 is 34.6 Å². The van der Waals surface area contributed by atoms with Crippen LogP contribution in [-0.2, 0) is 12.4 Å². The number of alkyl halides is 6. The molecule has 2 aromatic rings. The molecular weight excluding hydrogens is 485 g/mol. The zero-order valence-electron chi connectivity index (χ0n) is 16.3. The van der Waals surface area contributed by atoms with Crippen LogP contribution in [0.15, 0.2) is 36.4 Å². The van der Waals surface area contributed by atoms with E-state index in [0.29, 0.717) is 0 Å². The summed E-state index contributed by atoms with van der Waals surface area (Å²) in [6.45, 7) is -0.642. The lowest BCUT2D eigenvalue weighted by molar-refractivity contribution is -0.138. The first-order chi connectivity index (χ1) is 14.8. The maximum atomic E-state index is 13.2. The molecule has 32 heavy (non-hydrogen) atoms. The summed E-state index contributed by atoms with van der Waals surface area (Å²) in [7, 11) is 0. The number of benzene rings is 2. The number of rotatable bonds is 2. The number of β-amino-alcohol motifs (C(OH)–C–C–N with tert-alkyl or cyclic N) is 2. The predicted molar refractivity (Wildman–Crippen MR) is 109 cm³/mol. The molecule has 1 saturated heterocycles. The molecule has 3 rings (SSSR count). The van der Waals surface area contributed by atoms with Gasteiger partial charge >= 0.3 is 12.4 Å². The normalized spacial score (nSPS) is 20.8. The largest absolute Gasteiger partial charge is 0.417 e. The Morgan fingerprint density at radius 3 is 1.25 bits per heavy atom. The SMILES string of the molecule is OC1CN(c2ccc(Cl)c(C(F)(F)F)c2)CC(O)CN(c2ccc(Cl)c(C(F)(F)F)c2)C1. The Morgan fingerprint density at radius 2 is 0.969 bits per heavy atom. The molecule has 1 aliphatic heterocycles. The molecule has 1 heterocycles. The van der Waals surface area contributed by atoms with Crippen molar-refractivity contribution in [3.8, 4) is 0 Å². The van der Waals surface area contributed by atoms with E-state index in [1.165, 1.54) is 21.9 Å². The molecule has 2 aromatic carbocycles. The van der Waals surface area contributed by atoms with Gasteiger partial charge in [-0.15, -0.1) is 0 Å². The summed E-state index contributed by atoms with van der Waals surface area (Å²) in [5.41, 5.74) is -1.91. The van der Waals surface area contributed by atoms with Crippen molar-refractivity contribution in [2.75, 3.05) is 36.0 Å². The molecule has 4 nitrogen and oxygen atoms in total. The van der Waals surface area contributed by atoms with Crippen molar-refractivity contribution in [2.24, 2.45) is 0 Å². The summed E-state index contributed by atoms with van der Waals surface area (Å²) in [6, 6.07) is 6.49. The summed E-state index contributed by atoms with van der Waals surface area (Å²) in [5, 5.41) is 20.0. The molecule has 0 radical (unpaired) electrons. The van der Waals surface area contributed by atoms with Gasteiger partial charge in [0.1, 0.15) is 0 Å². The van der Waals surface area contributed by atoms with Gasteiger partial charge < -0.3 is 20.0 Å². The first-order valence-corrected chi connectivity index (χ1v) is 10.1. The summed E-state index contributed by atoms with van der Waals surface area (Å²) < 4.78 is 79.1. The quantitative estimate of drug-likeness (QED) is 0.562. The number of aliphatic hydroxyl groups is 2. The maximum Gasteiger partial charge on any atom is 0.417 e. The van der Waals surface area contributed by atoms with Crippen LogP contribution < -0.4 is 9.80 Å². The zero-order valence-corrected chi connectivity index (χ0v) is 17.8.